The van der Waals surface area contributed by atoms with Crippen LogP contribution in [0, 0.1) is 11.7 Å². The molecule has 0 radical (unpaired) electrons. The van der Waals surface area contributed by atoms with Gasteiger partial charge in [0.2, 0.25) is 11.8 Å². The van der Waals surface area contributed by atoms with Gasteiger partial charge >= 0.3 is 0 Å². The minimum Gasteiger partial charge on any atom is -0.326 e. The van der Waals surface area contributed by atoms with Crippen molar-refractivity contribution in [3.63, 3.8) is 0 Å². The highest BCUT2D eigenvalue weighted by Gasteiger charge is 2.30. The molecule has 0 saturated carbocycles. The zero-order valence-electron chi connectivity index (χ0n) is 14.4. The largest absolute Gasteiger partial charge is 0.326 e. The Morgan fingerprint density at radius 3 is 2.67 bits per heavy atom. The van der Waals surface area contributed by atoms with Crippen molar-refractivity contribution in [3.05, 3.63) is 66.6 Å². The van der Waals surface area contributed by atoms with E-state index in [2.05, 4.69) is 15.7 Å². The molecule has 136 valence electrons. The summed E-state index contributed by atoms with van der Waals surface area (Å²) in [5.41, 5.74) is 2.30. The first-order valence-corrected chi connectivity index (χ1v) is 8.57. The average molecular weight is 364 g/mol. The molecule has 0 saturated heterocycles. The maximum atomic E-state index is 12.9. The Morgan fingerprint density at radius 1 is 1.19 bits per heavy atom. The molecule has 1 aromatic heterocycles. The third-order valence-electron chi connectivity index (χ3n) is 4.49. The van der Waals surface area contributed by atoms with Gasteiger partial charge in [-0.1, -0.05) is 30.3 Å². The third kappa shape index (κ3) is 3.57. The van der Waals surface area contributed by atoms with Crippen LogP contribution in [0.4, 0.5) is 15.9 Å². The molecule has 0 spiro atoms. The minimum atomic E-state index is -0.526. The van der Waals surface area contributed by atoms with Crippen molar-refractivity contribution >= 4 is 23.3 Å². The Hall–Kier alpha value is -3.48. The van der Waals surface area contributed by atoms with Gasteiger partial charge < -0.3 is 10.6 Å². The molecule has 0 fully saturated rings. The number of fused-ring (bicyclic) bond motifs is 1. The normalized spacial score (nSPS) is 15.7. The second kappa shape index (κ2) is 7.03. The second-order valence-electron chi connectivity index (χ2n) is 6.40. The summed E-state index contributed by atoms with van der Waals surface area (Å²) in [6, 6.07) is 15.2. The van der Waals surface area contributed by atoms with Crippen LogP contribution in [0.2, 0.25) is 0 Å². The predicted molar refractivity (Wildman–Crippen MR) is 99.4 cm³/mol. The van der Waals surface area contributed by atoms with Crippen LogP contribution in [0.3, 0.4) is 0 Å². The number of hydrogen-bond donors (Lipinski definition) is 2. The topological polar surface area (TPSA) is 76.0 Å². The molecule has 3 aromatic rings. The van der Waals surface area contributed by atoms with Crippen LogP contribution in [-0.4, -0.2) is 21.6 Å². The number of nitrogens with zero attached hydrogens (tertiary/aromatic N) is 2. The van der Waals surface area contributed by atoms with E-state index in [-0.39, 0.29) is 24.1 Å². The number of hydrogen-bond acceptors (Lipinski definition) is 3. The van der Waals surface area contributed by atoms with Crippen molar-refractivity contribution in [2.75, 3.05) is 10.6 Å². The maximum Gasteiger partial charge on any atom is 0.231 e. The summed E-state index contributed by atoms with van der Waals surface area (Å²) in [5.74, 6) is -0.780. The third-order valence-corrected chi connectivity index (χ3v) is 4.49. The van der Waals surface area contributed by atoms with Gasteiger partial charge in [-0.15, -0.1) is 0 Å². The first-order valence-electron chi connectivity index (χ1n) is 8.57. The van der Waals surface area contributed by atoms with E-state index in [1.807, 2.05) is 30.3 Å². The lowest BCUT2D eigenvalue weighted by Crippen LogP contribution is -2.36. The maximum absolute atomic E-state index is 12.9. The van der Waals surface area contributed by atoms with Crippen molar-refractivity contribution < 1.29 is 14.0 Å². The lowest BCUT2D eigenvalue weighted by Gasteiger charge is -2.24. The fourth-order valence-corrected chi connectivity index (χ4v) is 3.12. The molecule has 0 bridgehead atoms. The molecule has 1 atom stereocenters. The van der Waals surface area contributed by atoms with E-state index in [1.54, 1.807) is 10.9 Å². The number of rotatable bonds is 4. The van der Waals surface area contributed by atoms with E-state index in [0.29, 0.717) is 18.1 Å². The van der Waals surface area contributed by atoms with Crippen molar-refractivity contribution in [3.8, 4) is 11.1 Å². The summed E-state index contributed by atoms with van der Waals surface area (Å²) in [7, 11) is 0. The number of halogens is 1. The Kier molecular flexibility index (Phi) is 4.42. The van der Waals surface area contributed by atoms with E-state index in [4.69, 9.17) is 0 Å². The summed E-state index contributed by atoms with van der Waals surface area (Å²) < 4.78 is 14.6. The van der Waals surface area contributed by atoms with Crippen LogP contribution in [-0.2, 0) is 16.1 Å². The fraction of sp³-hybridized carbons (Fsp3) is 0.150. The quantitative estimate of drug-likeness (QED) is 0.746. The number of carbonyl (C=O) groups excluding carboxylic acids is 2. The van der Waals surface area contributed by atoms with E-state index in [9.17, 15) is 14.0 Å². The minimum absolute atomic E-state index is 0.0170. The van der Waals surface area contributed by atoms with Crippen LogP contribution in [0.25, 0.3) is 11.1 Å². The summed E-state index contributed by atoms with van der Waals surface area (Å²) >= 11 is 0. The van der Waals surface area contributed by atoms with Gasteiger partial charge in [0.1, 0.15) is 11.6 Å². The van der Waals surface area contributed by atoms with Crippen LogP contribution in [0.1, 0.15) is 6.42 Å². The van der Waals surface area contributed by atoms with E-state index in [0.717, 1.165) is 11.1 Å². The van der Waals surface area contributed by atoms with E-state index < -0.39 is 5.92 Å². The van der Waals surface area contributed by atoms with Crippen molar-refractivity contribution in [2.45, 2.75) is 13.0 Å². The van der Waals surface area contributed by atoms with Gasteiger partial charge in [-0.3, -0.25) is 9.59 Å². The SMILES string of the molecule is O=C(CC1Cn2ncc(-c3ccccc3)c2NC1=O)Nc1ccc(F)cc1. The van der Waals surface area contributed by atoms with Crippen LogP contribution in [0.15, 0.2) is 60.8 Å². The number of anilines is 2. The van der Waals surface area contributed by atoms with Crippen LogP contribution >= 0.6 is 0 Å². The number of aromatic nitrogens is 2. The van der Waals surface area contributed by atoms with Crippen molar-refractivity contribution in [1.29, 1.82) is 0 Å². The first kappa shape index (κ1) is 17.0. The summed E-state index contributed by atoms with van der Waals surface area (Å²) in [5, 5.41) is 9.89. The number of nitrogens with one attached hydrogen (secondary N) is 2. The van der Waals surface area contributed by atoms with Crippen LogP contribution in [0.5, 0.6) is 0 Å². The van der Waals surface area contributed by atoms with Gasteiger partial charge in [0.15, 0.2) is 0 Å². The van der Waals surface area contributed by atoms with Crippen LogP contribution < -0.4 is 10.6 Å². The molecular weight excluding hydrogens is 347 g/mol. The lowest BCUT2D eigenvalue weighted by atomic mass is 10.0. The van der Waals surface area contributed by atoms with Gasteiger partial charge in [0, 0.05) is 17.7 Å². The number of amides is 2. The Balaban J connectivity index is 1.46. The highest BCUT2D eigenvalue weighted by atomic mass is 19.1. The zero-order valence-corrected chi connectivity index (χ0v) is 14.4. The lowest BCUT2D eigenvalue weighted by molar-refractivity contribution is -0.125. The molecule has 1 aliphatic rings. The van der Waals surface area contributed by atoms with Gasteiger partial charge in [0.25, 0.3) is 0 Å². The second-order valence-corrected chi connectivity index (χ2v) is 6.40. The highest BCUT2D eigenvalue weighted by molar-refractivity contribution is 6.00. The Labute approximate surface area is 155 Å². The monoisotopic (exact) mass is 364 g/mol. The molecule has 2 amide bonds. The predicted octanol–water partition coefficient (Wildman–Crippen LogP) is 3.29. The molecule has 4 rings (SSSR count). The molecule has 7 heteroatoms. The molecule has 1 aliphatic heterocycles. The molecule has 1 unspecified atom stereocenters. The summed E-state index contributed by atoms with van der Waals surface area (Å²) in [6.07, 6.45) is 1.73. The first-order chi connectivity index (χ1) is 13.1. The Morgan fingerprint density at radius 2 is 1.93 bits per heavy atom. The van der Waals surface area contributed by atoms with Crippen molar-refractivity contribution in [2.24, 2.45) is 5.92 Å². The smallest absolute Gasteiger partial charge is 0.231 e. The Bertz CT molecular complexity index is 983. The zero-order chi connectivity index (χ0) is 18.8. The molecule has 2 heterocycles. The summed E-state index contributed by atoms with van der Waals surface area (Å²) in [6.45, 7) is 0.324. The number of benzene rings is 2. The van der Waals surface area contributed by atoms with Crippen molar-refractivity contribution in [1.82, 2.24) is 9.78 Å². The number of carbonyl (C=O) groups is 2. The molecule has 2 N–H and O–H groups in total. The average Bonchev–Trinajstić information content (AvgIpc) is 3.07. The molecular formula is C20H17FN4O2. The van der Waals surface area contributed by atoms with E-state index >= 15 is 0 Å². The molecule has 2 aromatic carbocycles. The van der Waals surface area contributed by atoms with E-state index in [1.165, 1.54) is 24.3 Å². The molecule has 27 heavy (non-hydrogen) atoms. The van der Waals surface area contributed by atoms with Gasteiger partial charge in [-0.2, -0.15) is 5.10 Å². The molecule has 0 aliphatic carbocycles. The van der Waals surface area contributed by atoms with Gasteiger partial charge in [-0.25, -0.2) is 9.07 Å². The van der Waals surface area contributed by atoms with Gasteiger partial charge in [-0.05, 0) is 29.8 Å². The summed E-state index contributed by atoms with van der Waals surface area (Å²) in [4.78, 5) is 24.7. The molecule has 6 nitrogen and oxygen atoms in total. The van der Waals surface area contributed by atoms with Gasteiger partial charge in [0.05, 0.1) is 18.7 Å². The standard InChI is InChI=1S/C20H17FN4O2/c21-15-6-8-16(9-7-15)23-18(26)10-14-12-25-19(24-20(14)27)17(11-22-25)13-4-2-1-3-5-13/h1-9,11,14H,10,12H2,(H,23,26)(H,24,27). The highest BCUT2D eigenvalue weighted by Crippen LogP contribution is 2.31. The fourth-order valence-electron chi connectivity index (χ4n) is 3.12.